The van der Waals surface area contributed by atoms with Crippen molar-refractivity contribution in [1.82, 2.24) is 19.5 Å². The van der Waals surface area contributed by atoms with E-state index in [4.69, 9.17) is 15.0 Å². The number of hydrogen-bond acceptors (Lipinski definition) is 3. The lowest BCUT2D eigenvalue weighted by Gasteiger charge is -2.17. The Bertz CT molecular complexity index is 3150. The molecule has 0 spiro atoms. The molecule has 0 amide bonds. The summed E-state index contributed by atoms with van der Waals surface area (Å²) in [5.74, 6) is 1.38. The monoisotopic (exact) mass is 804 g/mol. The van der Waals surface area contributed by atoms with Crippen molar-refractivity contribution in [2.75, 3.05) is 0 Å². The fourth-order valence-corrected chi connectivity index (χ4v) is 9.56. The number of aryl methyl sites for hydroxylation is 6. The lowest BCUT2D eigenvalue weighted by molar-refractivity contribution is 0.631. The number of aromatic nitrogens is 4. The smallest absolute Gasteiger partial charge is 0.166 e. The van der Waals surface area contributed by atoms with Crippen LogP contribution in [0.3, 0.4) is 0 Å². The van der Waals surface area contributed by atoms with Crippen LogP contribution in [0, 0.1) is 47.4 Å². The van der Waals surface area contributed by atoms with Gasteiger partial charge in [-0.2, -0.15) is 0 Å². The molecular weight excluding hydrogens is 760 g/mol. The Hall–Kier alpha value is -7.50. The highest BCUT2D eigenvalue weighted by Gasteiger charge is 2.23. The van der Waals surface area contributed by atoms with Crippen LogP contribution in [-0.2, 0) is 0 Å². The van der Waals surface area contributed by atoms with Gasteiger partial charge in [-0.1, -0.05) is 132 Å². The zero-order chi connectivity index (χ0) is 42.6. The standard InChI is InChI=1S/C57H45FN4/c1-34-27-36(3)53(37(4)28-34)43-22-25-50-47(31-43)48-32-44(54-38(5)29-35(2)30-39(54)6)23-26-51(48)62(50)52-33-42(45-19-13-14-20-49(45)58)21-24-46(52)57-60-55(40-15-9-7-10-16-40)59-56(61-57)41-17-11-8-12-18-41/h7-33H,1-6H3. The van der Waals surface area contributed by atoms with Crippen molar-refractivity contribution in [1.29, 1.82) is 0 Å². The van der Waals surface area contributed by atoms with Gasteiger partial charge in [-0.25, -0.2) is 19.3 Å². The Morgan fingerprint density at radius 1 is 0.371 bits per heavy atom. The minimum absolute atomic E-state index is 0.284. The zero-order valence-corrected chi connectivity index (χ0v) is 35.8. The summed E-state index contributed by atoms with van der Waals surface area (Å²) < 4.78 is 18.0. The van der Waals surface area contributed by atoms with E-state index in [0.29, 0.717) is 23.0 Å². The van der Waals surface area contributed by atoms with Crippen LogP contribution >= 0.6 is 0 Å². The highest BCUT2D eigenvalue weighted by Crippen LogP contribution is 2.42. The van der Waals surface area contributed by atoms with Crippen LogP contribution in [0.15, 0.2) is 164 Å². The van der Waals surface area contributed by atoms with Crippen LogP contribution in [0.25, 0.3) is 95.0 Å². The molecule has 0 bridgehead atoms. The minimum atomic E-state index is -0.284. The summed E-state index contributed by atoms with van der Waals surface area (Å²) in [4.78, 5) is 15.4. The van der Waals surface area contributed by atoms with E-state index in [0.717, 1.165) is 60.9 Å². The fourth-order valence-electron chi connectivity index (χ4n) is 9.56. The van der Waals surface area contributed by atoms with Crippen molar-refractivity contribution in [2.24, 2.45) is 0 Å². The second-order valence-electron chi connectivity index (χ2n) is 16.6. The zero-order valence-electron chi connectivity index (χ0n) is 35.8. The molecule has 0 fully saturated rings. The van der Waals surface area contributed by atoms with E-state index in [2.05, 4.69) is 113 Å². The second-order valence-corrected chi connectivity index (χ2v) is 16.6. The van der Waals surface area contributed by atoms with Gasteiger partial charge < -0.3 is 4.57 Å². The fraction of sp³-hybridized carbons (Fsp3) is 0.105. The van der Waals surface area contributed by atoms with E-state index < -0.39 is 0 Å². The lowest BCUT2D eigenvalue weighted by atomic mass is 9.91. The van der Waals surface area contributed by atoms with E-state index in [1.807, 2.05) is 84.9 Å². The summed E-state index contributed by atoms with van der Waals surface area (Å²) >= 11 is 0. The van der Waals surface area contributed by atoms with Gasteiger partial charge in [0.05, 0.1) is 16.7 Å². The van der Waals surface area contributed by atoms with Crippen LogP contribution in [0.1, 0.15) is 33.4 Å². The van der Waals surface area contributed by atoms with Gasteiger partial charge in [0.15, 0.2) is 17.5 Å². The number of hydrogen-bond donors (Lipinski definition) is 0. The summed E-state index contributed by atoms with van der Waals surface area (Å²) in [6, 6.07) is 55.8. The predicted octanol–water partition coefficient (Wildman–Crippen LogP) is 15.0. The molecule has 0 aliphatic carbocycles. The Morgan fingerprint density at radius 2 is 0.806 bits per heavy atom. The molecule has 2 aromatic heterocycles. The second kappa shape index (κ2) is 15.5. The SMILES string of the molecule is Cc1cc(C)c(-c2ccc3c(c2)c2cc(-c4c(C)cc(C)cc4C)ccc2n3-c2cc(-c3ccccc3F)ccc2-c2nc(-c3ccccc3)nc(-c3ccccc3)n2)c(C)c1. The van der Waals surface area contributed by atoms with Crippen molar-refractivity contribution >= 4 is 21.8 Å². The largest absolute Gasteiger partial charge is 0.308 e. The Balaban J connectivity index is 1.30. The molecule has 300 valence electrons. The van der Waals surface area contributed by atoms with E-state index in [1.54, 1.807) is 6.07 Å². The van der Waals surface area contributed by atoms with E-state index in [1.165, 1.54) is 50.6 Å². The summed E-state index contributed by atoms with van der Waals surface area (Å²) in [5, 5.41) is 2.24. The molecule has 62 heavy (non-hydrogen) atoms. The summed E-state index contributed by atoms with van der Waals surface area (Å²) in [7, 11) is 0. The van der Waals surface area contributed by atoms with Gasteiger partial charge in [0.1, 0.15) is 5.82 Å². The Labute approximate surface area is 362 Å². The van der Waals surface area contributed by atoms with Crippen molar-refractivity contribution in [2.45, 2.75) is 41.5 Å². The summed E-state index contributed by atoms with van der Waals surface area (Å²) in [5.41, 5.74) is 19.0. The summed E-state index contributed by atoms with van der Waals surface area (Å²) in [6.07, 6.45) is 0. The van der Waals surface area contributed by atoms with Crippen LogP contribution in [-0.4, -0.2) is 19.5 Å². The molecular formula is C57H45FN4. The van der Waals surface area contributed by atoms with Crippen molar-refractivity contribution in [3.8, 4) is 73.2 Å². The summed E-state index contributed by atoms with van der Waals surface area (Å²) in [6.45, 7) is 13.1. The van der Waals surface area contributed by atoms with Gasteiger partial charge in [-0.15, -0.1) is 0 Å². The first-order chi connectivity index (χ1) is 30.1. The molecule has 0 aliphatic rings. The third-order valence-electron chi connectivity index (χ3n) is 12.1. The third-order valence-corrected chi connectivity index (χ3v) is 12.1. The molecule has 5 heteroatoms. The molecule has 4 nitrogen and oxygen atoms in total. The minimum Gasteiger partial charge on any atom is -0.308 e. The molecule has 10 aromatic rings. The average Bonchev–Trinajstić information content (AvgIpc) is 3.59. The van der Waals surface area contributed by atoms with Gasteiger partial charge in [-0.3, -0.25) is 0 Å². The van der Waals surface area contributed by atoms with Crippen LogP contribution in [0.4, 0.5) is 4.39 Å². The van der Waals surface area contributed by atoms with Crippen LogP contribution < -0.4 is 0 Å². The molecule has 0 unspecified atom stereocenters. The van der Waals surface area contributed by atoms with Crippen LogP contribution in [0.5, 0.6) is 0 Å². The van der Waals surface area contributed by atoms with Gasteiger partial charge in [0, 0.05) is 33.0 Å². The maximum absolute atomic E-state index is 15.7. The van der Waals surface area contributed by atoms with Gasteiger partial charge >= 0.3 is 0 Å². The number of halogens is 1. The normalized spacial score (nSPS) is 11.5. The van der Waals surface area contributed by atoms with E-state index in [9.17, 15) is 0 Å². The number of nitrogens with zero attached hydrogens (tertiary/aromatic N) is 4. The van der Waals surface area contributed by atoms with Crippen molar-refractivity contribution in [3.63, 3.8) is 0 Å². The lowest BCUT2D eigenvalue weighted by Crippen LogP contribution is -2.04. The molecule has 0 radical (unpaired) electrons. The molecule has 0 saturated carbocycles. The number of benzene rings is 8. The first-order valence-corrected chi connectivity index (χ1v) is 21.1. The predicted molar refractivity (Wildman–Crippen MR) is 255 cm³/mol. The molecule has 0 aliphatic heterocycles. The number of rotatable bonds is 7. The highest BCUT2D eigenvalue weighted by molar-refractivity contribution is 6.12. The first-order valence-electron chi connectivity index (χ1n) is 21.1. The number of fused-ring (bicyclic) bond motifs is 3. The third kappa shape index (κ3) is 6.86. The molecule has 0 atom stereocenters. The van der Waals surface area contributed by atoms with Crippen molar-refractivity contribution < 1.29 is 4.39 Å². The molecule has 2 heterocycles. The van der Waals surface area contributed by atoms with Crippen molar-refractivity contribution in [3.05, 3.63) is 203 Å². The first kappa shape index (κ1) is 38.7. The Kier molecular flexibility index (Phi) is 9.68. The molecule has 0 saturated heterocycles. The van der Waals surface area contributed by atoms with Gasteiger partial charge in [-0.05, 0) is 134 Å². The quantitative estimate of drug-likeness (QED) is 0.161. The topological polar surface area (TPSA) is 43.6 Å². The van der Waals surface area contributed by atoms with E-state index in [-0.39, 0.29) is 5.82 Å². The average molecular weight is 805 g/mol. The Morgan fingerprint density at radius 3 is 1.29 bits per heavy atom. The van der Waals surface area contributed by atoms with Gasteiger partial charge in [0.2, 0.25) is 0 Å². The highest BCUT2D eigenvalue weighted by atomic mass is 19.1. The van der Waals surface area contributed by atoms with Gasteiger partial charge in [0.25, 0.3) is 0 Å². The van der Waals surface area contributed by atoms with E-state index >= 15 is 4.39 Å². The molecule has 8 aromatic carbocycles. The maximum atomic E-state index is 15.7. The van der Waals surface area contributed by atoms with Crippen LogP contribution in [0.2, 0.25) is 0 Å². The molecule has 0 N–H and O–H groups in total. The maximum Gasteiger partial charge on any atom is 0.166 e. The molecule has 10 rings (SSSR count).